The third-order valence-electron chi connectivity index (χ3n) is 2.92. The summed E-state index contributed by atoms with van der Waals surface area (Å²) in [5, 5.41) is 12.0. The lowest BCUT2D eigenvalue weighted by Crippen LogP contribution is -2.35. The molecule has 122 valence electrons. The molecule has 1 aromatic heterocycles. The monoisotopic (exact) mass is 327 g/mol. The van der Waals surface area contributed by atoms with Gasteiger partial charge in [0.15, 0.2) is 10.9 Å². The molecule has 0 bridgehead atoms. The Balaban J connectivity index is 2.67. The Kier molecular flexibility index (Phi) is 6.97. The third-order valence-corrected chi connectivity index (χ3v) is 3.88. The zero-order valence-electron chi connectivity index (χ0n) is 13.0. The van der Waals surface area contributed by atoms with E-state index in [0.717, 1.165) is 22.7 Å². The van der Waals surface area contributed by atoms with E-state index in [4.69, 9.17) is 5.11 Å². The second-order valence-electron chi connectivity index (χ2n) is 5.15. The van der Waals surface area contributed by atoms with Crippen LogP contribution in [0.2, 0.25) is 0 Å². The molecular formula is C14H21N3O4S. The summed E-state index contributed by atoms with van der Waals surface area (Å²) in [6, 6.07) is 0. The summed E-state index contributed by atoms with van der Waals surface area (Å²) in [5.74, 6) is -0.677. The Bertz CT molecular complexity index is 542. The maximum Gasteiger partial charge on any atom is 0.407 e. The average molecular weight is 327 g/mol. The summed E-state index contributed by atoms with van der Waals surface area (Å²) < 4.78 is 0. The van der Waals surface area contributed by atoms with E-state index in [2.05, 4.69) is 10.3 Å². The molecule has 1 heterocycles. The second-order valence-corrected chi connectivity index (χ2v) is 6.19. The molecule has 1 aromatic rings. The lowest BCUT2D eigenvalue weighted by atomic mass is 10.2. The zero-order valence-corrected chi connectivity index (χ0v) is 13.8. The first-order chi connectivity index (χ1) is 10.3. The fourth-order valence-electron chi connectivity index (χ4n) is 1.55. The van der Waals surface area contributed by atoms with Crippen LogP contribution in [0.3, 0.4) is 0 Å². The van der Waals surface area contributed by atoms with Crippen molar-refractivity contribution in [3.8, 4) is 0 Å². The number of aromatic nitrogens is 1. The molecule has 0 atom stereocenters. The summed E-state index contributed by atoms with van der Waals surface area (Å²) in [5.41, 5.74) is 0. The van der Waals surface area contributed by atoms with Gasteiger partial charge >= 0.3 is 6.09 Å². The highest BCUT2D eigenvalue weighted by molar-refractivity contribution is 7.17. The number of rotatable bonds is 8. The number of unbranched alkanes of at least 4 members (excludes halogenated alkanes) is 1. The topological polar surface area (TPSA) is 99.6 Å². The second kappa shape index (κ2) is 8.47. The minimum atomic E-state index is -1.11. The largest absolute Gasteiger partial charge is 0.465 e. The average Bonchev–Trinajstić information content (AvgIpc) is 2.91. The number of carboxylic acid groups (broad SMARTS) is 1. The quantitative estimate of drug-likeness (QED) is 0.715. The predicted molar refractivity (Wildman–Crippen MR) is 84.4 cm³/mol. The van der Waals surface area contributed by atoms with Crippen molar-refractivity contribution < 1.29 is 19.5 Å². The number of hydrogen-bond donors (Lipinski definition) is 2. The van der Waals surface area contributed by atoms with Crippen LogP contribution in [0.25, 0.3) is 0 Å². The first kappa shape index (κ1) is 18.1. The van der Waals surface area contributed by atoms with Gasteiger partial charge in [0.1, 0.15) is 0 Å². The normalized spacial score (nSPS) is 10.5. The molecule has 0 radical (unpaired) electrons. The number of ketones is 1. The molecule has 7 nitrogen and oxygen atoms in total. The van der Waals surface area contributed by atoms with Crippen molar-refractivity contribution in [1.82, 2.24) is 9.88 Å². The number of hydrogen-bond acceptors (Lipinski definition) is 5. The van der Waals surface area contributed by atoms with Crippen molar-refractivity contribution in [2.75, 3.05) is 18.4 Å². The van der Waals surface area contributed by atoms with Crippen molar-refractivity contribution in [1.29, 1.82) is 0 Å². The Hall–Kier alpha value is -1.96. The minimum Gasteiger partial charge on any atom is -0.465 e. The van der Waals surface area contributed by atoms with Gasteiger partial charge < -0.3 is 15.3 Å². The van der Waals surface area contributed by atoms with Crippen molar-refractivity contribution in [2.24, 2.45) is 5.92 Å². The van der Waals surface area contributed by atoms with Gasteiger partial charge in [0.2, 0.25) is 5.91 Å². The van der Waals surface area contributed by atoms with Gasteiger partial charge in [-0.05, 0) is 6.42 Å². The zero-order chi connectivity index (χ0) is 16.7. The number of carbonyl (C=O) groups excluding carboxylic acids is 2. The summed E-state index contributed by atoms with van der Waals surface area (Å²) in [4.78, 5) is 40.2. The summed E-state index contributed by atoms with van der Waals surface area (Å²) in [6.45, 7) is 5.60. The first-order valence-electron chi connectivity index (χ1n) is 7.12. The number of nitrogens with one attached hydrogen (secondary N) is 1. The molecule has 0 spiro atoms. The van der Waals surface area contributed by atoms with Crippen LogP contribution in [0.5, 0.6) is 0 Å². The van der Waals surface area contributed by atoms with E-state index in [0.29, 0.717) is 23.0 Å². The maximum absolute atomic E-state index is 12.1. The van der Waals surface area contributed by atoms with Crippen LogP contribution in [0.1, 0.15) is 43.3 Å². The number of amides is 2. The highest BCUT2D eigenvalue weighted by atomic mass is 32.1. The van der Waals surface area contributed by atoms with Crippen LogP contribution in [0, 0.1) is 5.92 Å². The van der Waals surface area contributed by atoms with E-state index in [-0.39, 0.29) is 24.2 Å². The van der Waals surface area contributed by atoms with E-state index < -0.39 is 6.09 Å². The molecule has 2 amide bonds. The molecule has 22 heavy (non-hydrogen) atoms. The van der Waals surface area contributed by atoms with E-state index in [1.807, 2.05) is 6.92 Å². The van der Waals surface area contributed by atoms with E-state index >= 15 is 0 Å². The molecule has 0 saturated heterocycles. The smallest absolute Gasteiger partial charge is 0.407 e. The van der Waals surface area contributed by atoms with Crippen LogP contribution < -0.4 is 5.32 Å². The molecule has 0 fully saturated rings. The van der Waals surface area contributed by atoms with Crippen LogP contribution in [-0.2, 0) is 4.79 Å². The highest BCUT2D eigenvalue weighted by Gasteiger charge is 2.19. The minimum absolute atomic E-state index is 0.177. The molecule has 1 rings (SSSR count). The molecule has 0 aliphatic carbocycles. The first-order valence-corrected chi connectivity index (χ1v) is 7.94. The summed E-state index contributed by atoms with van der Waals surface area (Å²) in [7, 11) is 0. The Morgan fingerprint density at radius 3 is 2.64 bits per heavy atom. The van der Waals surface area contributed by atoms with E-state index in [9.17, 15) is 14.4 Å². The summed E-state index contributed by atoms with van der Waals surface area (Å²) in [6.07, 6.45) is 1.81. The van der Waals surface area contributed by atoms with E-state index in [1.54, 1.807) is 13.8 Å². The van der Waals surface area contributed by atoms with Crippen LogP contribution in [0.15, 0.2) is 6.20 Å². The fraction of sp³-hybridized carbons (Fsp3) is 0.571. The lowest BCUT2D eigenvalue weighted by Gasteiger charge is -2.17. The highest BCUT2D eigenvalue weighted by Crippen LogP contribution is 2.19. The number of anilines is 1. The van der Waals surface area contributed by atoms with Crippen molar-refractivity contribution >= 4 is 34.3 Å². The number of carbonyl (C=O) groups is 3. The van der Waals surface area contributed by atoms with E-state index in [1.165, 1.54) is 6.20 Å². The van der Waals surface area contributed by atoms with Gasteiger partial charge in [-0.15, -0.1) is 0 Å². The third kappa shape index (κ3) is 5.44. The lowest BCUT2D eigenvalue weighted by molar-refractivity contribution is -0.118. The van der Waals surface area contributed by atoms with Gasteiger partial charge in [-0.1, -0.05) is 38.5 Å². The molecule has 2 N–H and O–H groups in total. The standard InChI is InChI=1S/C14H21N3O4S/c1-4-5-6-17(14(20)21)8-10(18)11-7-15-13(22-11)16-12(19)9(2)3/h7,9H,4-6,8H2,1-3H3,(H,20,21)(H,15,16,19). The fourth-order valence-corrected chi connectivity index (χ4v) is 2.30. The molecule has 8 heteroatoms. The Morgan fingerprint density at radius 1 is 1.41 bits per heavy atom. The predicted octanol–water partition coefficient (Wildman–Crippen LogP) is 2.70. The number of Topliss-reactive ketones (excluding diaryl/α,β-unsaturated/α-hetero) is 1. The molecule has 0 aromatic carbocycles. The van der Waals surface area contributed by atoms with Crippen LogP contribution in [0.4, 0.5) is 9.93 Å². The number of nitrogens with zero attached hydrogens (tertiary/aromatic N) is 2. The molecule has 0 aliphatic heterocycles. The van der Waals surface area contributed by atoms with Gasteiger partial charge in [-0.25, -0.2) is 9.78 Å². The van der Waals surface area contributed by atoms with Crippen molar-refractivity contribution in [2.45, 2.75) is 33.6 Å². The molecule has 0 saturated carbocycles. The SMILES string of the molecule is CCCCN(CC(=O)c1cnc(NC(=O)C(C)C)s1)C(=O)O. The summed E-state index contributed by atoms with van der Waals surface area (Å²) >= 11 is 1.05. The Morgan fingerprint density at radius 2 is 2.09 bits per heavy atom. The Labute approximate surface area is 133 Å². The van der Waals surface area contributed by atoms with Crippen molar-refractivity contribution in [3.05, 3.63) is 11.1 Å². The number of thiazole rings is 1. The van der Waals surface area contributed by atoms with Crippen molar-refractivity contribution in [3.63, 3.8) is 0 Å². The van der Waals surface area contributed by atoms with Gasteiger partial charge in [-0.3, -0.25) is 9.59 Å². The molecular weight excluding hydrogens is 306 g/mol. The van der Waals surface area contributed by atoms with Gasteiger partial charge in [-0.2, -0.15) is 0 Å². The maximum atomic E-state index is 12.1. The molecule has 0 unspecified atom stereocenters. The van der Waals surface area contributed by atoms with Gasteiger partial charge in [0.05, 0.1) is 17.6 Å². The van der Waals surface area contributed by atoms with Crippen LogP contribution in [-0.4, -0.2) is 45.9 Å². The van der Waals surface area contributed by atoms with Gasteiger partial charge in [0.25, 0.3) is 0 Å². The van der Waals surface area contributed by atoms with Crippen LogP contribution >= 0.6 is 11.3 Å². The molecule has 0 aliphatic rings. The van der Waals surface area contributed by atoms with Gasteiger partial charge in [0, 0.05) is 12.5 Å².